The molecular formula is C17H24N2O4. The summed E-state index contributed by atoms with van der Waals surface area (Å²) in [5, 5.41) is 5.07. The van der Waals surface area contributed by atoms with E-state index < -0.39 is 24.5 Å². The molecule has 0 aliphatic carbocycles. The highest BCUT2D eigenvalue weighted by atomic mass is 16.5. The molecule has 0 aliphatic rings. The molecule has 2 N–H and O–H groups in total. The number of amides is 2. The Hall–Kier alpha value is -2.37. The van der Waals surface area contributed by atoms with Crippen LogP contribution in [0.4, 0.5) is 0 Å². The number of carbonyl (C=O) groups is 3. The summed E-state index contributed by atoms with van der Waals surface area (Å²) in [5.74, 6) is -1.26. The van der Waals surface area contributed by atoms with Crippen molar-refractivity contribution in [3.8, 4) is 0 Å². The van der Waals surface area contributed by atoms with Gasteiger partial charge in [0.05, 0.1) is 6.42 Å². The van der Waals surface area contributed by atoms with Crippen molar-refractivity contribution >= 4 is 17.8 Å². The summed E-state index contributed by atoms with van der Waals surface area (Å²) in [5.41, 5.74) is 3.10. The zero-order valence-electron chi connectivity index (χ0n) is 14.1. The summed E-state index contributed by atoms with van der Waals surface area (Å²) in [7, 11) is 0. The Kier molecular flexibility index (Phi) is 7.25. The van der Waals surface area contributed by atoms with Crippen LogP contribution in [0.5, 0.6) is 0 Å². The minimum absolute atomic E-state index is 0.111. The zero-order chi connectivity index (χ0) is 17.4. The lowest BCUT2D eigenvalue weighted by atomic mass is 10.0. The Morgan fingerprint density at radius 2 is 1.87 bits per heavy atom. The Bertz CT molecular complexity index is 584. The van der Waals surface area contributed by atoms with E-state index >= 15 is 0 Å². The molecule has 1 rings (SSSR count). The van der Waals surface area contributed by atoms with Gasteiger partial charge in [0.1, 0.15) is 6.04 Å². The van der Waals surface area contributed by atoms with Crippen molar-refractivity contribution in [3.05, 3.63) is 34.9 Å². The predicted molar refractivity (Wildman–Crippen MR) is 86.9 cm³/mol. The number of carbonyl (C=O) groups excluding carboxylic acids is 3. The Morgan fingerprint density at radius 1 is 1.17 bits per heavy atom. The van der Waals surface area contributed by atoms with E-state index in [9.17, 15) is 14.4 Å². The molecule has 0 aliphatic heterocycles. The molecule has 0 fully saturated rings. The fourth-order valence-corrected chi connectivity index (χ4v) is 1.95. The molecule has 1 atom stereocenters. The monoisotopic (exact) mass is 320 g/mol. The maximum absolute atomic E-state index is 11.8. The third kappa shape index (κ3) is 6.50. The quantitative estimate of drug-likeness (QED) is 0.735. The van der Waals surface area contributed by atoms with Crippen molar-refractivity contribution < 1.29 is 19.1 Å². The number of hydrogen-bond donors (Lipinski definition) is 2. The highest BCUT2D eigenvalue weighted by molar-refractivity contribution is 5.88. The van der Waals surface area contributed by atoms with Gasteiger partial charge in [0.15, 0.2) is 6.61 Å². The van der Waals surface area contributed by atoms with E-state index in [-0.39, 0.29) is 12.3 Å². The first-order valence-electron chi connectivity index (χ1n) is 7.62. The summed E-state index contributed by atoms with van der Waals surface area (Å²) in [6.45, 7) is 7.43. The molecular weight excluding hydrogens is 296 g/mol. The lowest BCUT2D eigenvalue weighted by Gasteiger charge is -2.13. The van der Waals surface area contributed by atoms with E-state index in [1.807, 2.05) is 32.0 Å². The first-order valence-corrected chi connectivity index (χ1v) is 7.62. The Labute approximate surface area is 136 Å². The molecule has 0 bridgehead atoms. The Balaban J connectivity index is 2.39. The largest absolute Gasteiger partial charge is 0.455 e. The van der Waals surface area contributed by atoms with Gasteiger partial charge in [-0.25, -0.2) is 0 Å². The van der Waals surface area contributed by atoms with Crippen LogP contribution >= 0.6 is 0 Å². The molecule has 23 heavy (non-hydrogen) atoms. The van der Waals surface area contributed by atoms with Crippen LogP contribution in [-0.2, 0) is 25.5 Å². The molecule has 6 heteroatoms. The van der Waals surface area contributed by atoms with Gasteiger partial charge >= 0.3 is 5.97 Å². The van der Waals surface area contributed by atoms with Crippen molar-refractivity contribution in [1.82, 2.24) is 10.6 Å². The van der Waals surface area contributed by atoms with Gasteiger partial charge < -0.3 is 15.4 Å². The fourth-order valence-electron chi connectivity index (χ4n) is 1.95. The third-order valence-corrected chi connectivity index (χ3v) is 3.41. The lowest BCUT2D eigenvalue weighted by Crippen LogP contribution is -2.46. The average molecular weight is 320 g/mol. The minimum Gasteiger partial charge on any atom is -0.455 e. The van der Waals surface area contributed by atoms with Crippen molar-refractivity contribution in [2.75, 3.05) is 13.2 Å². The first kappa shape index (κ1) is 18.7. The maximum atomic E-state index is 11.8. The maximum Gasteiger partial charge on any atom is 0.310 e. The molecule has 1 aromatic rings. The van der Waals surface area contributed by atoms with E-state index in [0.717, 1.165) is 16.7 Å². The number of ether oxygens (including phenoxy) is 1. The van der Waals surface area contributed by atoms with Crippen LogP contribution in [0.3, 0.4) is 0 Å². The second-order valence-electron chi connectivity index (χ2n) is 5.44. The molecule has 0 unspecified atom stereocenters. The number of rotatable bonds is 7. The topological polar surface area (TPSA) is 84.5 Å². The highest BCUT2D eigenvalue weighted by Crippen LogP contribution is 2.10. The fraction of sp³-hybridized carbons (Fsp3) is 0.471. The molecule has 2 amide bonds. The van der Waals surface area contributed by atoms with E-state index in [4.69, 9.17) is 4.74 Å². The third-order valence-electron chi connectivity index (χ3n) is 3.41. The van der Waals surface area contributed by atoms with E-state index in [0.29, 0.717) is 6.54 Å². The average Bonchev–Trinajstić information content (AvgIpc) is 2.49. The summed E-state index contributed by atoms with van der Waals surface area (Å²) in [4.78, 5) is 34.9. The molecule has 0 saturated heterocycles. The van der Waals surface area contributed by atoms with Gasteiger partial charge in [-0.05, 0) is 44.4 Å². The predicted octanol–water partition coefficient (Wildman–Crippen LogP) is 1.03. The molecule has 1 aromatic carbocycles. The summed E-state index contributed by atoms with van der Waals surface area (Å²) in [6, 6.07) is 5.06. The number of hydrogen-bond acceptors (Lipinski definition) is 4. The van der Waals surface area contributed by atoms with Crippen LogP contribution in [0.2, 0.25) is 0 Å². The minimum atomic E-state index is -0.666. The number of aryl methyl sites for hydroxylation is 2. The Morgan fingerprint density at radius 3 is 2.48 bits per heavy atom. The van der Waals surface area contributed by atoms with Gasteiger partial charge in [0.25, 0.3) is 5.91 Å². The number of nitrogens with one attached hydrogen (secondary N) is 2. The van der Waals surface area contributed by atoms with Gasteiger partial charge in [-0.3, -0.25) is 14.4 Å². The SMILES string of the molecule is CCNC(=O)[C@H](C)NC(=O)COC(=O)Cc1ccc(C)c(C)c1. The summed E-state index contributed by atoms with van der Waals surface area (Å²) < 4.78 is 4.94. The highest BCUT2D eigenvalue weighted by Gasteiger charge is 2.16. The van der Waals surface area contributed by atoms with Crippen LogP contribution in [0, 0.1) is 13.8 Å². The molecule has 0 spiro atoms. The molecule has 0 saturated carbocycles. The van der Waals surface area contributed by atoms with Gasteiger partial charge in [-0.15, -0.1) is 0 Å². The smallest absolute Gasteiger partial charge is 0.310 e. The van der Waals surface area contributed by atoms with E-state index in [2.05, 4.69) is 10.6 Å². The summed E-state index contributed by atoms with van der Waals surface area (Å²) >= 11 is 0. The van der Waals surface area contributed by atoms with E-state index in [1.165, 1.54) is 0 Å². The molecule has 0 aromatic heterocycles. The molecule has 126 valence electrons. The number of esters is 1. The second kappa shape index (κ2) is 8.92. The van der Waals surface area contributed by atoms with Crippen molar-refractivity contribution in [1.29, 1.82) is 0 Å². The first-order chi connectivity index (χ1) is 10.8. The van der Waals surface area contributed by atoms with E-state index in [1.54, 1.807) is 13.8 Å². The second-order valence-corrected chi connectivity index (χ2v) is 5.44. The van der Waals surface area contributed by atoms with Crippen LogP contribution in [-0.4, -0.2) is 37.0 Å². The molecule has 6 nitrogen and oxygen atoms in total. The van der Waals surface area contributed by atoms with Crippen molar-refractivity contribution in [2.24, 2.45) is 0 Å². The number of likely N-dealkylation sites (N-methyl/N-ethyl adjacent to an activating group) is 1. The van der Waals surface area contributed by atoms with Gasteiger partial charge in [0.2, 0.25) is 5.91 Å². The normalized spacial score (nSPS) is 11.5. The van der Waals surface area contributed by atoms with Crippen LogP contribution in [0.25, 0.3) is 0 Å². The zero-order valence-corrected chi connectivity index (χ0v) is 14.1. The van der Waals surface area contributed by atoms with Gasteiger partial charge in [-0.2, -0.15) is 0 Å². The lowest BCUT2D eigenvalue weighted by molar-refractivity contribution is -0.148. The molecule has 0 heterocycles. The van der Waals surface area contributed by atoms with Gasteiger partial charge in [0, 0.05) is 6.54 Å². The standard InChI is InChI=1S/C17H24N2O4/c1-5-18-17(22)13(4)19-15(20)10-23-16(21)9-14-7-6-11(2)12(3)8-14/h6-8,13H,5,9-10H2,1-4H3,(H,18,22)(H,19,20)/t13-/m0/s1. The van der Waals surface area contributed by atoms with Crippen LogP contribution in [0.15, 0.2) is 18.2 Å². The summed E-state index contributed by atoms with van der Waals surface area (Å²) in [6.07, 6.45) is 0.111. The van der Waals surface area contributed by atoms with Gasteiger partial charge in [-0.1, -0.05) is 18.2 Å². The molecule has 0 radical (unpaired) electrons. The number of benzene rings is 1. The van der Waals surface area contributed by atoms with Crippen LogP contribution in [0.1, 0.15) is 30.5 Å². The van der Waals surface area contributed by atoms with Crippen molar-refractivity contribution in [3.63, 3.8) is 0 Å². The van der Waals surface area contributed by atoms with Crippen LogP contribution < -0.4 is 10.6 Å². The van der Waals surface area contributed by atoms with Crippen molar-refractivity contribution in [2.45, 2.75) is 40.2 Å².